The van der Waals surface area contributed by atoms with E-state index in [0.717, 1.165) is 5.56 Å². The van der Waals surface area contributed by atoms with E-state index in [9.17, 15) is 4.79 Å². The van der Waals surface area contributed by atoms with Gasteiger partial charge in [0, 0.05) is 37.9 Å². The normalized spacial score (nSPS) is 10.7. The van der Waals surface area contributed by atoms with E-state index in [1.807, 2.05) is 12.1 Å². The molecule has 2 aromatic rings. The molecule has 0 spiro atoms. The van der Waals surface area contributed by atoms with Crippen molar-refractivity contribution < 1.29 is 0 Å². The van der Waals surface area contributed by atoms with Crippen molar-refractivity contribution in [1.82, 2.24) is 14.5 Å². The summed E-state index contributed by atoms with van der Waals surface area (Å²) >= 11 is 0. The fourth-order valence-electron chi connectivity index (χ4n) is 1.79. The minimum absolute atomic E-state index is 0.0785. The maximum Gasteiger partial charge on any atom is 0.293 e. The second-order valence-electron chi connectivity index (χ2n) is 4.84. The minimum atomic E-state index is -0.0785. The van der Waals surface area contributed by atoms with E-state index in [1.54, 1.807) is 29.4 Å². The first kappa shape index (κ1) is 13.3. The van der Waals surface area contributed by atoms with Crippen molar-refractivity contribution in [2.45, 2.75) is 26.9 Å². The van der Waals surface area contributed by atoms with Crippen molar-refractivity contribution in [2.75, 3.05) is 5.32 Å². The molecule has 2 rings (SSSR count). The van der Waals surface area contributed by atoms with E-state index in [-0.39, 0.29) is 5.56 Å². The van der Waals surface area contributed by atoms with Crippen LogP contribution < -0.4 is 10.9 Å². The fraction of sp³-hybridized carbons (Fsp3) is 0.357. The minimum Gasteiger partial charge on any atom is -0.361 e. The Hall–Kier alpha value is -2.17. The zero-order valence-electron chi connectivity index (χ0n) is 11.2. The molecule has 0 aliphatic rings. The number of rotatable bonds is 5. The van der Waals surface area contributed by atoms with Crippen molar-refractivity contribution >= 4 is 5.82 Å². The third-order valence-electron chi connectivity index (χ3n) is 2.68. The molecule has 0 aliphatic heterocycles. The Morgan fingerprint density at radius 2 is 2.00 bits per heavy atom. The number of nitrogens with one attached hydrogen (secondary N) is 1. The third-order valence-corrected chi connectivity index (χ3v) is 2.68. The van der Waals surface area contributed by atoms with Gasteiger partial charge in [-0.1, -0.05) is 13.8 Å². The van der Waals surface area contributed by atoms with Gasteiger partial charge in [-0.25, -0.2) is 4.98 Å². The predicted molar refractivity (Wildman–Crippen MR) is 74.9 cm³/mol. The number of aromatic nitrogens is 3. The first-order chi connectivity index (χ1) is 9.16. The van der Waals surface area contributed by atoms with Gasteiger partial charge in [-0.15, -0.1) is 0 Å². The van der Waals surface area contributed by atoms with E-state index in [2.05, 4.69) is 29.1 Å². The maximum absolute atomic E-state index is 12.2. The summed E-state index contributed by atoms with van der Waals surface area (Å²) in [5.74, 6) is 0.813. The molecule has 0 aliphatic carbocycles. The zero-order valence-corrected chi connectivity index (χ0v) is 11.2. The van der Waals surface area contributed by atoms with Gasteiger partial charge in [-0.3, -0.25) is 9.78 Å². The highest BCUT2D eigenvalue weighted by Crippen LogP contribution is 2.02. The van der Waals surface area contributed by atoms with E-state index >= 15 is 0 Å². The van der Waals surface area contributed by atoms with Gasteiger partial charge in [0.25, 0.3) is 5.56 Å². The number of nitrogens with zero attached hydrogens (tertiary/aromatic N) is 3. The van der Waals surface area contributed by atoms with Crippen LogP contribution >= 0.6 is 0 Å². The SMILES string of the molecule is CC(C)Cn1ccnc(NCc2ccncc2)c1=O. The van der Waals surface area contributed by atoms with Gasteiger partial charge in [-0.2, -0.15) is 0 Å². The molecule has 0 radical (unpaired) electrons. The lowest BCUT2D eigenvalue weighted by atomic mass is 10.2. The Bertz CT molecular complexity index is 577. The van der Waals surface area contributed by atoms with Crippen LogP contribution in [0.2, 0.25) is 0 Å². The monoisotopic (exact) mass is 258 g/mol. The second kappa shape index (κ2) is 6.13. The van der Waals surface area contributed by atoms with Gasteiger partial charge in [0.15, 0.2) is 5.82 Å². The summed E-state index contributed by atoms with van der Waals surface area (Å²) in [4.78, 5) is 20.2. The summed E-state index contributed by atoms with van der Waals surface area (Å²) in [7, 11) is 0. The van der Waals surface area contributed by atoms with Crippen molar-refractivity contribution in [3.05, 3.63) is 52.8 Å². The van der Waals surface area contributed by atoms with E-state index in [1.165, 1.54) is 0 Å². The van der Waals surface area contributed by atoms with Gasteiger partial charge in [0.1, 0.15) is 0 Å². The van der Waals surface area contributed by atoms with Crippen LogP contribution in [0, 0.1) is 5.92 Å². The van der Waals surface area contributed by atoms with Crippen LogP contribution in [0.5, 0.6) is 0 Å². The molecule has 0 aromatic carbocycles. The Balaban J connectivity index is 2.11. The third kappa shape index (κ3) is 3.64. The zero-order chi connectivity index (χ0) is 13.7. The Kier molecular flexibility index (Phi) is 4.28. The molecule has 0 saturated carbocycles. The summed E-state index contributed by atoms with van der Waals surface area (Å²) < 4.78 is 1.69. The van der Waals surface area contributed by atoms with Crippen LogP contribution in [0.25, 0.3) is 0 Å². The standard InChI is InChI=1S/C14H18N4O/c1-11(2)10-18-8-7-16-13(14(18)19)17-9-12-3-5-15-6-4-12/h3-8,11H,9-10H2,1-2H3,(H,16,17). The average molecular weight is 258 g/mol. The lowest BCUT2D eigenvalue weighted by molar-refractivity contribution is 0.509. The van der Waals surface area contributed by atoms with Crippen LogP contribution in [-0.4, -0.2) is 14.5 Å². The van der Waals surface area contributed by atoms with E-state index in [4.69, 9.17) is 0 Å². The maximum atomic E-state index is 12.2. The van der Waals surface area contributed by atoms with Crippen LogP contribution in [0.3, 0.4) is 0 Å². The number of pyridine rings is 1. The van der Waals surface area contributed by atoms with Crippen LogP contribution in [0.1, 0.15) is 19.4 Å². The van der Waals surface area contributed by atoms with Crippen LogP contribution in [0.4, 0.5) is 5.82 Å². The summed E-state index contributed by atoms with van der Waals surface area (Å²) in [6.07, 6.45) is 6.83. The van der Waals surface area contributed by atoms with Crippen LogP contribution in [-0.2, 0) is 13.1 Å². The summed E-state index contributed by atoms with van der Waals surface area (Å²) in [6.45, 7) is 5.43. The van der Waals surface area contributed by atoms with Crippen molar-refractivity contribution in [2.24, 2.45) is 5.92 Å². The molecule has 100 valence electrons. The first-order valence-corrected chi connectivity index (χ1v) is 6.35. The predicted octanol–water partition coefficient (Wildman–Crippen LogP) is 1.91. The Morgan fingerprint density at radius 1 is 1.26 bits per heavy atom. The summed E-state index contributed by atoms with van der Waals surface area (Å²) in [5, 5.41) is 3.07. The molecular formula is C14H18N4O. The largest absolute Gasteiger partial charge is 0.361 e. The molecule has 0 unspecified atom stereocenters. The highest BCUT2D eigenvalue weighted by atomic mass is 16.1. The summed E-state index contributed by atoms with van der Waals surface area (Å²) in [5.41, 5.74) is 0.987. The average Bonchev–Trinajstić information content (AvgIpc) is 2.40. The van der Waals surface area contributed by atoms with Gasteiger partial charge in [0.2, 0.25) is 0 Å². The quantitative estimate of drug-likeness (QED) is 0.890. The topological polar surface area (TPSA) is 59.8 Å². The molecule has 1 N–H and O–H groups in total. The molecule has 0 atom stereocenters. The molecule has 0 amide bonds. The highest BCUT2D eigenvalue weighted by molar-refractivity contribution is 5.32. The molecule has 2 heterocycles. The smallest absolute Gasteiger partial charge is 0.293 e. The number of hydrogen-bond donors (Lipinski definition) is 1. The molecule has 5 nitrogen and oxygen atoms in total. The molecule has 2 aromatic heterocycles. The summed E-state index contributed by atoms with van der Waals surface area (Å²) in [6, 6.07) is 3.81. The van der Waals surface area contributed by atoms with Crippen LogP contribution in [0.15, 0.2) is 41.7 Å². The van der Waals surface area contributed by atoms with Crippen molar-refractivity contribution in [3.8, 4) is 0 Å². The molecule has 5 heteroatoms. The highest BCUT2D eigenvalue weighted by Gasteiger charge is 2.05. The molecule has 0 saturated heterocycles. The Morgan fingerprint density at radius 3 is 2.68 bits per heavy atom. The van der Waals surface area contributed by atoms with Gasteiger partial charge in [-0.05, 0) is 23.6 Å². The lowest BCUT2D eigenvalue weighted by Crippen LogP contribution is -2.25. The number of anilines is 1. The lowest BCUT2D eigenvalue weighted by Gasteiger charge is -2.10. The van der Waals surface area contributed by atoms with E-state index < -0.39 is 0 Å². The second-order valence-corrected chi connectivity index (χ2v) is 4.84. The van der Waals surface area contributed by atoms with Crippen molar-refractivity contribution in [3.63, 3.8) is 0 Å². The molecular weight excluding hydrogens is 240 g/mol. The molecule has 19 heavy (non-hydrogen) atoms. The van der Waals surface area contributed by atoms with Gasteiger partial charge >= 0.3 is 0 Å². The van der Waals surface area contributed by atoms with Gasteiger partial charge < -0.3 is 9.88 Å². The fourth-order valence-corrected chi connectivity index (χ4v) is 1.79. The van der Waals surface area contributed by atoms with Gasteiger partial charge in [0.05, 0.1) is 0 Å². The number of hydrogen-bond acceptors (Lipinski definition) is 4. The molecule has 0 bridgehead atoms. The first-order valence-electron chi connectivity index (χ1n) is 6.35. The van der Waals surface area contributed by atoms with E-state index in [0.29, 0.717) is 24.8 Å². The van der Waals surface area contributed by atoms with Crippen molar-refractivity contribution in [1.29, 1.82) is 0 Å². The molecule has 0 fully saturated rings. The Labute approximate surface area is 112 Å².